The Balaban J connectivity index is 2.50. The van der Waals surface area contributed by atoms with Gasteiger partial charge in [-0.1, -0.05) is 6.92 Å². The normalized spacial score (nSPS) is 12.5. The molecular weight excluding hydrogens is 232 g/mol. The topological polar surface area (TPSA) is 59.4 Å². The minimum atomic E-state index is -0.390. The predicted molar refractivity (Wildman–Crippen MR) is 69.3 cm³/mol. The Morgan fingerprint density at radius 1 is 1.67 bits per heavy atom. The highest BCUT2D eigenvalue weighted by atomic mass is 16.5. The van der Waals surface area contributed by atoms with Gasteiger partial charge in [-0.05, 0) is 19.5 Å². The summed E-state index contributed by atoms with van der Waals surface area (Å²) in [5, 5.41) is 6.86. The molecule has 0 aliphatic carbocycles. The van der Waals surface area contributed by atoms with Gasteiger partial charge in [-0.2, -0.15) is 5.10 Å². The van der Waals surface area contributed by atoms with Gasteiger partial charge in [0.15, 0.2) is 0 Å². The van der Waals surface area contributed by atoms with Gasteiger partial charge in [-0.15, -0.1) is 0 Å². The van der Waals surface area contributed by atoms with Gasteiger partial charge in [0.05, 0.1) is 12.8 Å². The van der Waals surface area contributed by atoms with Crippen LogP contribution in [0.5, 0.6) is 0 Å². The average Bonchev–Trinajstić information content (AvgIpc) is 2.79. The molecular formula is C12H22N4O2. The first-order valence-corrected chi connectivity index (χ1v) is 6.13. The number of hydrogen-bond donors (Lipinski definition) is 1. The number of carbonyl (C=O) groups excluding carboxylic acids is 1. The summed E-state index contributed by atoms with van der Waals surface area (Å²) >= 11 is 0. The molecule has 0 aromatic carbocycles. The second-order valence-electron chi connectivity index (χ2n) is 4.10. The van der Waals surface area contributed by atoms with Crippen molar-refractivity contribution in [3.05, 3.63) is 18.0 Å². The van der Waals surface area contributed by atoms with Crippen molar-refractivity contribution in [3.63, 3.8) is 0 Å². The van der Waals surface area contributed by atoms with Crippen molar-refractivity contribution in [3.8, 4) is 0 Å². The number of nitrogens with one attached hydrogen (secondary N) is 1. The molecule has 0 bridgehead atoms. The molecule has 1 rings (SSSR count). The van der Waals surface area contributed by atoms with E-state index in [0.717, 1.165) is 18.8 Å². The Labute approximate surface area is 108 Å². The zero-order valence-corrected chi connectivity index (χ0v) is 11.5. The lowest BCUT2D eigenvalue weighted by Crippen LogP contribution is -2.36. The van der Waals surface area contributed by atoms with Gasteiger partial charge in [-0.25, -0.2) is 4.79 Å². The lowest BCUT2D eigenvalue weighted by Gasteiger charge is -2.27. The third-order valence-corrected chi connectivity index (χ3v) is 3.09. The maximum absolute atomic E-state index is 11.0. The summed E-state index contributed by atoms with van der Waals surface area (Å²) in [6.45, 7) is 6.50. The largest absolute Gasteiger partial charge is 0.453 e. The maximum atomic E-state index is 11.0. The standard InChI is InChI=1S/C12H22N4O2/c1-5-16(9-8-13-12(17)18-4)10(2)11-6-7-14-15(11)3/h6-7,10H,5,8-9H2,1-4H3,(H,13,17). The van der Waals surface area contributed by atoms with E-state index in [4.69, 9.17) is 0 Å². The third-order valence-electron chi connectivity index (χ3n) is 3.09. The van der Waals surface area contributed by atoms with E-state index in [1.54, 1.807) is 6.20 Å². The van der Waals surface area contributed by atoms with Crippen LogP contribution in [0.3, 0.4) is 0 Å². The van der Waals surface area contributed by atoms with E-state index in [-0.39, 0.29) is 12.1 Å². The summed E-state index contributed by atoms with van der Waals surface area (Å²) in [5.41, 5.74) is 1.16. The maximum Gasteiger partial charge on any atom is 0.406 e. The first-order valence-electron chi connectivity index (χ1n) is 6.13. The van der Waals surface area contributed by atoms with Crippen molar-refractivity contribution in [1.29, 1.82) is 0 Å². The molecule has 1 unspecified atom stereocenters. The van der Waals surface area contributed by atoms with E-state index in [0.29, 0.717) is 6.54 Å². The van der Waals surface area contributed by atoms with Crippen molar-refractivity contribution in [2.24, 2.45) is 7.05 Å². The fraction of sp³-hybridized carbons (Fsp3) is 0.667. The van der Waals surface area contributed by atoms with Gasteiger partial charge >= 0.3 is 6.09 Å². The molecule has 6 nitrogen and oxygen atoms in total. The van der Waals surface area contributed by atoms with E-state index >= 15 is 0 Å². The average molecular weight is 254 g/mol. The number of likely N-dealkylation sites (N-methyl/N-ethyl adjacent to an activating group) is 1. The highest BCUT2D eigenvalue weighted by molar-refractivity contribution is 5.66. The molecule has 0 aliphatic heterocycles. The van der Waals surface area contributed by atoms with E-state index in [2.05, 4.69) is 33.9 Å². The highest BCUT2D eigenvalue weighted by Gasteiger charge is 2.16. The van der Waals surface area contributed by atoms with Crippen LogP contribution in [-0.4, -0.2) is 47.5 Å². The molecule has 1 amide bonds. The molecule has 0 saturated heterocycles. The number of rotatable bonds is 6. The number of alkyl carbamates (subject to hydrolysis) is 1. The Kier molecular flexibility index (Phi) is 5.64. The monoisotopic (exact) mass is 254 g/mol. The summed E-state index contributed by atoms with van der Waals surface area (Å²) in [6.07, 6.45) is 1.41. The summed E-state index contributed by atoms with van der Waals surface area (Å²) in [5.74, 6) is 0. The molecule has 18 heavy (non-hydrogen) atoms. The number of carbonyl (C=O) groups is 1. The van der Waals surface area contributed by atoms with Crippen LogP contribution in [0.1, 0.15) is 25.6 Å². The van der Waals surface area contributed by atoms with Crippen LogP contribution >= 0.6 is 0 Å². The van der Waals surface area contributed by atoms with Gasteiger partial charge < -0.3 is 10.1 Å². The molecule has 0 aliphatic rings. The minimum Gasteiger partial charge on any atom is -0.453 e. The zero-order valence-electron chi connectivity index (χ0n) is 11.5. The van der Waals surface area contributed by atoms with Gasteiger partial charge in [0.2, 0.25) is 0 Å². The van der Waals surface area contributed by atoms with Crippen LogP contribution in [0.25, 0.3) is 0 Å². The third kappa shape index (κ3) is 3.73. The number of methoxy groups -OCH3 is 1. The van der Waals surface area contributed by atoms with Crippen molar-refractivity contribution in [2.45, 2.75) is 19.9 Å². The molecule has 6 heteroatoms. The highest BCUT2D eigenvalue weighted by Crippen LogP contribution is 2.18. The van der Waals surface area contributed by atoms with Crippen molar-refractivity contribution >= 4 is 6.09 Å². The van der Waals surface area contributed by atoms with Crippen LogP contribution in [0.4, 0.5) is 4.79 Å². The molecule has 1 aromatic heterocycles. The fourth-order valence-electron chi connectivity index (χ4n) is 1.98. The Bertz CT molecular complexity index is 378. The van der Waals surface area contributed by atoms with E-state index in [1.165, 1.54) is 7.11 Å². The van der Waals surface area contributed by atoms with Crippen molar-refractivity contribution in [2.75, 3.05) is 26.7 Å². The summed E-state index contributed by atoms with van der Waals surface area (Å²) in [6, 6.07) is 2.28. The Morgan fingerprint density at radius 3 is 2.89 bits per heavy atom. The summed E-state index contributed by atoms with van der Waals surface area (Å²) in [7, 11) is 3.30. The van der Waals surface area contributed by atoms with Crippen molar-refractivity contribution in [1.82, 2.24) is 20.0 Å². The first-order chi connectivity index (χ1) is 8.60. The van der Waals surface area contributed by atoms with Gasteiger partial charge in [0, 0.05) is 32.4 Å². The number of hydrogen-bond acceptors (Lipinski definition) is 4. The van der Waals surface area contributed by atoms with Gasteiger partial charge in [0.1, 0.15) is 0 Å². The number of amides is 1. The predicted octanol–water partition coefficient (Wildman–Crippen LogP) is 1.16. The molecule has 1 aromatic rings. The Hall–Kier alpha value is -1.56. The molecule has 0 radical (unpaired) electrons. The molecule has 0 spiro atoms. The fourth-order valence-corrected chi connectivity index (χ4v) is 1.98. The van der Waals surface area contributed by atoms with Crippen LogP contribution in [-0.2, 0) is 11.8 Å². The lowest BCUT2D eigenvalue weighted by molar-refractivity contribution is 0.165. The van der Waals surface area contributed by atoms with Gasteiger partial charge in [0.25, 0.3) is 0 Å². The van der Waals surface area contributed by atoms with Crippen LogP contribution in [0.2, 0.25) is 0 Å². The Morgan fingerprint density at radius 2 is 2.39 bits per heavy atom. The SMILES string of the molecule is CCN(CCNC(=O)OC)C(C)c1ccnn1C. The zero-order chi connectivity index (χ0) is 13.5. The second kappa shape index (κ2) is 7.00. The van der Waals surface area contributed by atoms with Crippen LogP contribution < -0.4 is 5.32 Å². The lowest BCUT2D eigenvalue weighted by atomic mass is 10.2. The van der Waals surface area contributed by atoms with Crippen molar-refractivity contribution < 1.29 is 9.53 Å². The van der Waals surface area contributed by atoms with Crippen LogP contribution in [0, 0.1) is 0 Å². The van der Waals surface area contributed by atoms with E-state index < -0.39 is 0 Å². The summed E-state index contributed by atoms with van der Waals surface area (Å²) in [4.78, 5) is 13.2. The molecule has 102 valence electrons. The number of nitrogens with zero attached hydrogens (tertiary/aromatic N) is 3. The van der Waals surface area contributed by atoms with Gasteiger partial charge in [-0.3, -0.25) is 9.58 Å². The smallest absolute Gasteiger partial charge is 0.406 e. The van der Waals surface area contributed by atoms with E-state index in [9.17, 15) is 4.79 Å². The molecule has 0 fully saturated rings. The minimum absolute atomic E-state index is 0.266. The molecule has 1 atom stereocenters. The molecule has 1 N–H and O–H groups in total. The molecule has 0 saturated carbocycles. The van der Waals surface area contributed by atoms with E-state index in [1.807, 2.05) is 17.8 Å². The summed E-state index contributed by atoms with van der Waals surface area (Å²) < 4.78 is 6.41. The quantitative estimate of drug-likeness (QED) is 0.827. The number of aryl methyl sites for hydroxylation is 1. The number of ether oxygens (including phenoxy) is 1. The van der Waals surface area contributed by atoms with Crippen LogP contribution in [0.15, 0.2) is 12.3 Å². The first kappa shape index (κ1) is 14.5. The number of aromatic nitrogens is 2. The molecule has 1 heterocycles. The second-order valence-corrected chi connectivity index (χ2v) is 4.10.